The standard InChI is InChI=1S/C9H16N2O/c1-2-6-11-7-4-3-5-10-8-9(11)12/h2,10H,1,3-8H2. The monoisotopic (exact) mass is 168 g/mol. The molecule has 0 aromatic heterocycles. The molecule has 1 aliphatic rings. The van der Waals surface area contributed by atoms with E-state index < -0.39 is 0 Å². The van der Waals surface area contributed by atoms with Crippen LogP contribution >= 0.6 is 0 Å². The summed E-state index contributed by atoms with van der Waals surface area (Å²) in [5, 5.41) is 3.10. The van der Waals surface area contributed by atoms with Gasteiger partial charge in [0.25, 0.3) is 0 Å². The molecule has 1 N–H and O–H groups in total. The van der Waals surface area contributed by atoms with E-state index >= 15 is 0 Å². The lowest BCUT2D eigenvalue weighted by atomic mass is 10.2. The van der Waals surface area contributed by atoms with Crippen molar-refractivity contribution in [2.24, 2.45) is 0 Å². The maximum absolute atomic E-state index is 11.4. The Kier molecular flexibility index (Phi) is 3.80. The van der Waals surface area contributed by atoms with E-state index in [0.29, 0.717) is 13.1 Å². The van der Waals surface area contributed by atoms with Gasteiger partial charge >= 0.3 is 0 Å². The van der Waals surface area contributed by atoms with E-state index in [0.717, 1.165) is 25.9 Å². The second-order valence-corrected chi connectivity index (χ2v) is 3.01. The molecular formula is C9H16N2O. The zero-order valence-electron chi connectivity index (χ0n) is 7.38. The van der Waals surface area contributed by atoms with Crippen LogP contribution in [0.3, 0.4) is 0 Å². The minimum Gasteiger partial charge on any atom is -0.338 e. The number of carbonyl (C=O) groups excluding carboxylic acids is 1. The highest BCUT2D eigenvalue weighted by Gasteiger charge is 2.12. The lowest BCUT2D eigenvalue weighted by Gasteiger charge is -2.23. The van der Waals surface area contributed by atoms with Gasteiger partial charge in [0.05, 0.1) is 6.54 Å². The van der Waals surface area contributed by atoms with Gasteiger partial charge in [-0.2, -0.15) is 0 Å². The molecule has 1 rings (SSSR count). The van der Waals surface area contributed by atoms with Gasteiger partial charge in [0.1, 0.15) is 0 Å². The Morgan fingerprint density at radius 1 is 1.58 bits per heavy atom. The fraction of sp³-hybridized carbons (Fsp3) is 0.667. The second kappa shape index (κ2) is 4.93. The molecule has 0 spiro atoms. The Bertz CT molecular complexity index is 168. The first-order valence-corrected chi connectivity index (χ1v) is 4.44. The molecule has 3 heteroatoms. The van der Waals surface area contributed by atoms with Crippen LogP contribution in [0.5, 0.6) is 0 Å². The zero-order valence-corrected chi connectivity index (χ0v) is 7.38. The highest BCUT2D eigenvalue weighted by Crippen LogP contribution is 1.98. The Labute approximate surface area is 73.4 Å². The molecule has 1 saturated heterocycles. The molecule has 0 aromatic carbocycles. The van der Waals surface area contributed by atoms with Crippen LogP contribution in [0.4, 0.5) is 0 Å². The van der Waals surface area contributed by atoms with Crippen LogP contribution < -0.4 is 5.32 Å². The first kappa shape index (κ1) is 9.26. The lowest BCUT2D eigenvalue weighted by Crippen LogP contribution is -2.41. The van der Waals surface area contributed by atoms with E-state index in [1.807, 2.05) is 4.90 Å². The molecule has 0 radical (unpaired) electrons. The van der Waals surface area contributed by atoms with Gasteiger partial charge in [0.15, 0.2) is 0 Å². The molecule has 1 amide bonds. The Balaban J connectivity index is 2.42. The van der Waals surface area contributed by atoms with E-state index in [1.54, 1.807) is 6.08 Å². The molecule has 0 saturated carbocycles. The summed E-state index contributed by atoms with van der Waals surface area (Å²) >= 11 is 0. The summed E-state index contributed by atoms with van der Waals surface area (Å²) in [5.41, 5.74) is 0. The van der Waals surface area contributed by atoms with Crippen molar-refractivity contribution in [1.82, 2.24) is 10.2 Å². The second-order valence-electron chi connectivity index (χ2n) is 3.01. The van der Waals surface area contributed by atoms with Crippen LogP contribution in [0.1, 0.15) is 12.8 Å². The van der Waals surface area contributed by atoms with Crippen LogP contribution in [0.15, 0.2) is 12.7 Å². The Hall–Kier alpha value is -0.830. The molecule has 0 atom stereocenters. The third-order valence-corrected chi connectivity index (χ3v) is 2.01. The van der Waals surface area contributed by atoms with Gasteiger partial charge in [-0.1, -0.05) is 6.08 Å². The van der Waals surface area contributed by atoms with Crippen molar-refractivity contribution in [3.05, 3.63) is 12.7 Å². The Morgan fingerprint density at radius 3 is 3.17 bits per heavy atom. The predicted octanol–water partition coefficient (Wildman–Crippen LogP) is 0.384. The number of hydrogen-bond donors (Lipinski definition) is 1. The van der Waals surface area contributed by atoms with Crippen LogP contribution in [0.2, 0.25) is 0 Å². The molecular weight excluding hydrogens is 152 g/mol. The molecule has 0 aromatic rings. The molecule has 68 valence electrons. The van der Waals surface area contributed by atoms with Gasteiger partial charge in [0, 0.05) is 13.1 Å². The van der Waals surface area contributed by atoms with Crippen LogP contribution in [0, 0.1) is 0 Å². The van der Waals surface area contributed by atoms with Crippen LogP contribution in [0.25, 0.3) is 0 Å². The summed E-state index contributed by atoms with van der Waals surface area (Å²) in [5.74, 6) is 0.189. The van der Waals surface area contributed by atoms with Crippen LogP contribution in [-0.2, 0) is 4.79 Å². The highest BCUT2D eigenvalue weighted by molar-refractivity contribution is 5.78. The molecule has 3 nitrogen and oxygen atoms in total. The molecule has 1 heterocycles. The summed E-state index contributed by atoms with van der Waals surface area (Å²) in [7, 11) is 0. The molecule has 0 bridgehead atoms. The van der Waals surface area contributed by atoms with Crippen molar-refractivity contribution < 1.29 is 4.79 Å². The zero-order chi connectivity index (χ0) is 8.81. The predicted molar refractivity (Wildman–Crippen MR) is 48.9 cm³/mol. The summed E-state index contributed by atoms with van der Waals surface area (Å²) in [6.07, 6.45) is 4.02. The number of amides is 1. The van der Waals surface area contributed by atoms with Crippen molar-refractivity contribution in [3.63, 3.8) is 0 Å². The van der Waals surface area contributed by atoms with Gasteiger partial charge in [-0.05, 0) is 19.4 Å². The topological polar surface area (TPSA) is 32.3 Å². The van der Waals surface area contributed by atoms with Gasteiger partial charge in [-0.15, -0.1) is 6.58 Å². The van der Waals surface area contributed by atoms with Gasteiger partial charge in [-0.3, -0.25) is 4.79 Å². The average Bonchev–Trinajstić information content (AvgIpc) is 2.05. The molecule has 12 heavy (non-hydrogen) atoms. The number of nitrogens with one attached hydrogen (secondary N) is 1. The third-order valence-electron chi connectivity index (χ3n) is 2.01. The number of nitrogens with zero attached hydrogens (tertiary/aromatic N) is 1. The summed E-state index contributed by atoms with van der Waals surface area (Å²) in [4.78, 5) is 13.2. The molecule has 1 aliphatic heterocycles. The first-order chi connectivity index (χ1) is 5.84. The molecule has 0 unspecified atom stereocenters. The van der Waals surface area contributed by atoms with E-state index in [1.165, 1.54) is 0 Å². The minimum absolute atomic E-state index is 0.189. The largest absolute Gasteiger partial charge is 0.338 e. The molecule has 0 aliphatic carbocycles. The lowest BCUT2D eigenvalue weighted by molar-refractivity contribution is -0.130. The maximum atomic E-state index is 11.4. The molecule has 1 fully saturated rings. The SMILES string of the molecule is C=CCN1CCCCNCC1=O. The Morgan fingerprint density at radius 2 is 2.42 bits per heavy atom. The quantitative estimate of drug-likeness (QED) is 0.605. The smallest absolute Gasteiger partial charge is 0.236 e. The minimum atomic E-state index is 0.189. The average molecular weight is 168 g/mol. The summed E-state index contributed by atoms with van der Waals surface area (Å²) < 4.78 is 0. The van der Waals surface area contributed by atoms with E-state index in [9.17, 15) is 4.79 Å². The number of rotatable bonds is 2. The number of carbonyl (C=O) groups is 1. The highest BCUT2D eigenvalue weighted by atomic mass is 16.2. The van der Waals surface area contributed by atoms with E-state index in [-0.39, 0.29) is 5.91 Å². The summed E-state index contributed by atoms with van der Waals surface area (Å²) in [6.45, 7) is 6.64. The fourth-order valence-electron chi connectivity index (χ4n) is 1.33. The third kappa shape index (κ3) is 2.66. The fourth-order valence-corrected chi connectivity index (χ4v) is 1.33. The maximum Gasteiger partial charge on any atom is 0.236 e. The normalized spacial score (nSPS) is 20.0. The van der Waals surface area contributed by atoms with Crippen molar-refractivity contribution in [1.29, 1.82) is 0 Å². The number of hydrogen-bond acceptors (Lipinski definition) is 2. The van der Waals surface area contributed by atoms with Crippen molar-refractivity contribution in [2.45, 2.75) is 12.8 Å². The van der Waals surface area contributed by atoms with E-state index in [2.05, 4.69) is 11.9 Å². The van der Waals surface area contributed by atoms with Gasteiger partial charge in [0.2, 0.25) is 5.91 Å². The van der Waals surface area contributed by atoms with Crippen LogP contribution in [-0.4, -0.2) is 37.0 Å². The van der Waals surface area contributed by atoms with Crippen molar-refractivity contribution in [3.8, 4) is 0 Å². The first-order valence-electron chi connectivity index (χ1n) is 4.44. The van der Waals surface area contributed by atoms with Gasteiger partial charge in [-0.25, -0.2) is 0 Å². The van der Waals surface area contributed by atoms with Crippen molar-refractivity contribution >= 4 is 5.91 Å². The summed E-state index contributed by atoms with van der Waals surface area (Å²) in [6, 6.07) is 0. The van der Waals surface area contributed by atoms with Crippen molar-refractivity contribution in [2.75, 3.05) is 26.2 Å². The van der Waals surface area contributed by atoms with Gasteiger partial charge < -0.3 is 10.2 Å². The van der Waals surface area contributed by atoms with E-state index in [4.69, 9.17) is 0 Å².